The summed E-state index contributed by atoms with van der Waals surface area (Å²) in [5.41, 5.74) is 1.28. The molecule has 0 radical (unpaired) electrons. The summed E-state index contributed by atoms with van der Waals surface area (Å²) in [6.45, 7) is 7.78. The molecule has 4 nitrogen and oxygen atoms in total. The Morgan fingerprint density at radius 2 is 2.00 bits per heavy atom. The SMILES string of the molecule is CC(CC1CCC1)Nc1cccc(NC(=O)OC(C)(C)C)c1. The van der Waals surface area contributed by atoms with Crippen molar-refractivity contribution in [3.8, 4) is 0 Å². The Kier molecular flexibility index (Phi) is 5.33. The maximum atomic E-state index is 11.8. The Hall–Kier alpha value is -1.71. The molecule has 0 aromatic heterocycles. The Morgan fingerprint density at radius 1 is 1.32 bits per heavy atom. The van der Waals surface area contributed by atoms with Gasteiger partial charge in [0.1, 0.15) is 5.60 Å². The first-order chi connectivity index (χ1) is 10.3. The fourth-order valence-corrected chi connectivity index (χ4v) is 2.68. The molecule has 1 aromatic rings. The molecule has 22 heavy (non-hydrogen) atoms. The van der Waals surface area contributed by atoms with Crippen LogP contribution in [-0.2, 0) is 4.74 Å². The molecule has 1 atom stereocenters. The molecule has 1 amide bonds. The van der Waals surface area contributed by atoms with Gasteiger partial charge in [0, 0.05) is 17.4 Å². The first kappa shape index (κ1) is 16.7. The van der Waals surface area contributed by atoms with Crippen molar-refractivity contribution in [3.63, 3.8) is 0 Å². The number of carbonyl (C=O) groups excluding carboxylic acids is 1. The zero-order valence-electron chi connectivity index (χ0n) is 14.1. The summed E-state index contributed by atoms with van der Waals surface area (Å²) >= 11 is 0. The second-order valence-corrected chi connectivity index (χ2v) is 7.29. The highest BCUT2D eigenvalue weighted by molar-refractivity contribution is 5.85. The molecule has 0 spiro atoms. The van der Waals surface area contributed by atoms with Crippen LogP contribution in [0.5, 0.6) is 0 Å². The predicted molar refractivity (Wildman–Crippen MR) is 91.3 cm³/mol. The zero-order valence-corrected chi connectivity index (χ0v) is 14.1. The lowest BCUT2D eigenvalue weighted by Crippen LogP contribution is -2.27. The molecule has 1 aliphatic rings. The summed E-state index contributed by atoms with van der Waals surface area (Å²) in [6.07, 6.45) is 4.90. The Bertz CT molecular complexity index is 504. The van der Waals surface area contributed by atoms with Gasteiger partial charge in [0.2, 0.25) is 0 Å². The number of anilines is 2. The molecule has 0 heterocycles. The average molecular weight is 304 g/mol. The van der Waals surface area contributed by atoms with E-state index in [2.05, 4.69) is 17.6 Å². The van der Waals surface area contributed by atoms with Crippen LogP contribution in [0.1, 0.15) is 53.4 Å². The lowest BCUT2D eigenvalue weighted by atomic mass is 9.81. The molecule has 4 heteroatoms. The first-order valence-electron chi connectivity index (χ1n) is 8.18. The molecular weight excluding hydrogens is 276 g/mol. The van der Waals surface area contributed by atoms with Crippen LogP contribution in [0, 0.1) is 5.92 Å². The van der Waals surface area contributed by atoms with E-state index in [1.807, 2.05) is 45.0 Å². The minimum Gasteiger partial charge on any atom is -0.444 e. The third-order valence-electron chi connectivity index (χ3n) is 3.83. The number of hydrogen-bond acceptors (Lipinski definition) is 3. The largest absolute Gasteiger partial charge is 0.444 e. The fourth-order valence-electron chi connectivity index (χ4n) is 2.68. The van der Waals surface area contributed by atoms with Crippen LogP contribution in [0.15, 0.2) is 24.3 Å². The first-order valence-corrected chi connectivity index (χ1v) is 8.18. The third-order valence-corrected chi connectivity index (χ3v) is 3.83. The van der Waals surface area contributed by atoms with Crippen molar-refractivity contribution in [1.82, 2.24) is 0 Å². The van der Waals surface area contributed by atoms with Crippen LogP contribution in [0.2, 0.25) is 0 Å². The highest BCUT2D eigenvalue weighted by Crippen LogP contribution is 2.31. The van der Waals surface area contributed by atoms with Crippen LogP contribution in [0.4, 0.5) is 16.2 Å². The molecule has 0 aliphatic heterocycles. The van der Waals surface area contributed by atoms with Gasteiger partial charge >= 0.3 is 6.09 Å². The van der Waals surface area contributed by atoms with Crippen molar-refractivity contribution < 1.29 is 9.53 Å². The third kappa shape index (κ3) is 5.58. The van der Waals surface area contributed by atoms with Crippen LogP contribution in [0.3, 0.4) is 0 Å². The van der Waals surface area contributed by atoms with E-state index in [-0.39, 0.29) is 0 Å². The van der Waals surface area contributed by atoms with Crippen LogP contribution < -0.4 is 10.6 Å². The number of amides is 1. The van der Waals surface area contributed by atoms with Gasteiger partial charge in [-0.3, -0.25) is 5.32 Å². The Morgan fingerprint density at radius 3 is 2.59 bits per heavy atom. The normalized spacial score (nSPS) is 16.5. The number of rotatable bonds is 5. The van der Waals surface area contributed by atoms with Crippen molar-refractivity contribution in [2.45, 2.75) is 65.0 Å². The summed E-state index contributed by atoms with van der Waals surface area (Å²) in [6, 6.07) is 8.22. The highest BCUT2D eigenvalue weighted by Gasteiger charge is 2.20. The second-order valence-electron chi connectivity index (χ2n) is 7.29. The van der Waals surface area contributed by atoms with Gasteiger partial charge in [-0.25, -0.2) is 4.79 Å². The summed E-state index contributed by atoms with van der Waals surface area (Å²) in [7, 11) is 0. The molecule has 2 rings (SSSR count). The van der Waals surface area contributed by atoms with Gasteiger partial charge in [-0.15, -0.1) is 0 Å². The van der Waals surface area contributed by atoms with Crippen molar-refractivity contribution >= 4 is 17.5 Å². The van der Waals surface area contributed by atoms with Crippen molar-refractivity contribution in [2.75, 3.05) is 10.6 Å². The smallest absolute Gasteiger partial charge is 0.412 e. The zero-order chi connectivity index (χ0) is 16.2. The molecule has 1 fully saturated rings. The van der Waals surface area contributed by atoms with E-state index < -0.39 is 11.7 Å². The van der Waals surface area contributed by atoms with E-state index in [0.29, 0.717) is 6.04 Å². The number of ether oxygens (including phenoxy) is 1. The number of nitrogens with one attached hydrogen (secondary N) is 2. The van der Waals surface area contributed by atoms with Gasteiger partial charge in [0.05, 0.1) is 0 Å². The van der Waals surface area contributed by atoms with Gasteiger partial charge in [-0.05, 0) is 58.2 Å². The van der Waals surface area contributed by atoms with Gasteiger partial charge < -0.3 is 10.1 Å². The summed E-state index contributed by atoms with van der Waals surface area (Å²) in [4.78, 5) is 11.8. The number of hydrogen-bond donors (Lipinski definition) is 2. The lowest BCUT2D eigenvalue weighted by molar-refractivity contribution is 0.0636. The van der Waals surface area contributed by atoms with E-state index in [1.165, 1.54) is 25.7 Å². The topological polar surface area (TPSA) is 50.4 Å². The maximum Gasteiger partial charge on any atom is 0.412 e. The standard InChI is InChI=1S/C18H28N2O2/c1-13(11-14-7-5-8-14)19-15-9-6-10-16(12-15)20-17(21)22-18(2,3)4/h6,9-10,12-14,19H,5,7-8,11H2,1-4H3,(H,20,21). The average Bonchev–Trinajstić information content (AvgIpc) is 2.32. The van der Waals surface area contributed by atoms with E-state index >= 15 is 0 Å². The Balaban J connectivity index is 1.87. The monoisotopic (exact) mass is 304 g/mol. The van der Waals surface area contributed by atoms with Gasteiger partial charge in [-0.1, -0.05) is 25.3 Å². The van der Waals surface area contributed by atoms with E-state index in [0.717, 1.165) is 17.3 Å². The molecule has 122 valence electrons. The minimum atomic E-state index is -0.489. The molecule has 1 aromatic carbocycles. The summed E-state index contributed by atoms with van der Waals surface area (Å²) in [5.74, 6) is 0.880. The summed E-state index contributed by atoms with van der Waals surface area (Å²) < 4.78 is 5.27. The fraction of sp³-hybridized carbons (Fsp3) is 0.611. The second kappa shape index (κ2) is 7.03. The Labute approximate surface area is 133 Å². The van der Waals surface area contributed by atoms with Crippen LogP contribution in [0.25, 0.3) is 0 Å². The molecule has 0 saturated heterocycles. The number of benzene rings is 1. The maximum absolute atomic E-state index is 11.8. The molecule has 2 N–H and O–H groups in total. The van der Waals surface area contributed by atoms with E-state index in [9.17, 15) is 4.79 Å². The molecular formula is C18H28N2O2. The van der Waals surface area contributed by atoms with E-state index in [4.69, 9.17) is 4.74 Å². The summed E-state index contributed by atoms with van der Waals surface area (Å²) in [5, 5.41) is 6.28. The molecule has 1 aliphatic carbocycles. The number of carbonyl (C=O) groups is 1. The predicted octanol–water partition coefficient (Wildman–Crippen LogP) is 5.02. The minimum absolute atomic E-state index is 0.424. The molecule has 1 saturated carbocycles. The van der Waals surface area contributed by atoms with Crippen molar-refractivity contribution in [2.24, 2.45) is 5.92 Å². The van der Waals surface area contributed by atoms with Crippen molar-refractivity contribution in [3.05, 3.63) is 24.3 Å². The van der Waals surface area contributed by atoms with Crippen molar-refractivity contribution in [1.29, 1.82) is 0 Å². The van der Waals surface area contributed by atoms with Gasteiger partial charge in [-0.2, -0.15) is 0 Å². The van der Waals surface area contributed by atoms with E-state index in [1.54, 1.807) is 0 Å². The van der Waals surface area contributed by atoms with Crippen LogP contribution in [-0.4, -0.2) is 17.7 Å². The quantitative estimate of drug-likeness (QED) is 0.802. The molecule has 1 unspecified atom stereocenters. The highest BCUT2D eigenvalue weighted by atomic mass is 16.6. The van der Waals surface area contributed by atoms with Crippen LogP contribution >= 0.6 is 0 Å². The molecule has 0 bridgehead atoms. The van der Waals surface area contributed by atoms with Gasteiger partial charge in [0.15, 0.2) is 0 Å². The lowest BCUT2D eigenvalue weighted by Gasteiger charge is -2.29. The van der Waals surface area contributed by atoms with Gasteiger partial charge in [0.25, 0.3) is 0 Å².